The van der Waals surface area contributed by atoms with Crippen molar-refractivity contribution < 1.29 is 19.1 Å². The van der Waals surface area contributed by atoms with E-state index in [1.54, 1.807) is 4.90 Å². The summed E-state index contributed by atoms with van der Waals surface area (Å²) in [5.41, 5.74) is 1.79. The third-order valence-electron chi connectivity index (χ3n) is 5.00. The van der Waals surface area contributed by atoms with Gasteiger partial charge >= 0.3 is 5.97 Å². The molecule has 0 aliphatic carbocycles. The van der Waals surface area contributed by atoms with Gasteiger partial charge in [0, 0.05) is 31.5 Å². The molecule has 1 N–H and O–H groups in total. The predicted octanol–water partition coefficient (Wildman–Crippen LogP) is 3.15. The lowest BCUT2D eigenvalue weighted by molar-refractivity contribution is -0.148. The molecule has 0 saturated carbocycles. The van der Waals surface area contributed by atoms with Crippen LogP contribution in [0.3, 0.4) is 0 Å². The minimum Gasteiger partial charge on any atom is -0.481 e. The average Bonchev–Trinajstić information content (AvgIpc) is 3.00. The molecule has 2 unspecified atom stereocenters. The molecule has 6 nitrogen and oxygen atoms in total. The molecule has 26 heavy (non-hydrogen) atoms. The summed E-state index contributed by atoms with van der Waals surface area (Å²) in [6.07, 6.45) is 1.27. The third-order valence-corrected chi connectivity index (χ3v) is 5.00. The number of oxazole rings is 1. The van der Waals surface area contributed by atoms with Crippen LogP contribution in [0.4, 0.5) is 0 Å². The fourth-order valence-electron chi connectivity index (χ4n) is 3.53. The molecule has 2 aromatic rings. The highest BCUT2D eigenvalue weighted by molar-refractivity contribution is 5.77. The number of carboxylic acids is 1. The van der Waals surface area contributed by atoms with Crippen molar-refractivity contribution in [1.82, 2.24) is 9.88 Å². The van der Waals surface area contributed by atoms with Gasteiger partial charge in [-0.15, -0.1) is 0 Å². The standard InChI is InChI=1S/C20H24N2O4/c1-13-12-22(11-10-16(13)20(24)25)18(23)9-8-17-21-14(2)19(26-17)15-6-4-3-5-7-15/h3-7,13,16H,8-12H2,1-2H3,(H,24,25). The summed E-state index contributed by atoms with van der Waals surface area (Å²) in [5.74, 6) is 0.166. The van der Waals surface area contributed by atoms with Gasteiger partial charge in [-0.25, -0.2) is 4.98 Å². The number of carbonyl (C=O) groups is 2. The lowest BCUT2D eigenvalue weighted by atomic mass is 9.87. The van der Waals surface area contributed by atoms with Gasteiger partial charge < -0.3 is 14.4 Å². The van der Waals surface area contributed by atoms with E-state index in [1.165, 1.54) is 0 Å². The molecule has 0 bridgehead atoms. The third kappa shape index (κ3) is 3.95. The van der Waals surface area contributed by atoms with Crippen molar-refractivity contribution in [2.45, 2.75) is 33.1 Å². The molecule has 1 aromatic heterocycles. The molecule has 0 spiro atoms. The maximum atomic E-state index is 12.5. The number of aromatic nitrogens is 1. The van der Waals surface area contributed by atoms with E-state index in [1.807, 2.05) is 44.2 Å². The van der Waals surface area contributed by atoms with Gasteiger partial charge in [0.2, 0.25) is 5.91 Å². The largest absolute Gasteiger partial charge is 0.481 e. The van der Waals surface area contributed by atoms with E-state index in [0.29, 0.717) is 38.2 Å². The Morgan fingerprint density at radius 2 is 2.04 bits per heavy atom. The van der Waals surface area contributed by atoms with E-state index >= 15 is 0 Å². The van der Waals surface area contributed by atoms with Crippen molar-refractivity contribution in [3.8, 4) is 11.3 Å². The molecular weight excluding hydrogens is 332 g/mol. The van der Waals surface area contributed by atoms with E-state index in [9.17, 15) is 14.7 Å². The summed E-state index contributed by atoms with van der Waals surface area (Å²) < 4.78 is 5.85. The van der Waals surface area contributed by atoms with Crippen LogP contribution in [0.15, 0.2) is 34.7 Å². The molecule has 1 fully saturated rings. The number of carbonyl (C=O) groups excluding carboxylic acids is 1. The van der Waals surface area contributed by atoms with Crippen molar-refractivity contribution >= 4 is 11.9 Å². The highest BCUT2D eigenvalue weighted by Gasteiger charge is 2.32. The average molecular weight is 356 g/mol. The van der Waals surface area contributed by atoms with E-state index in [2.05, 4.69) is 4.98 Å². The van der Waals surface area contributed by atoms with E-state index in [4.69, 9.17) is 4.42 Å². The molecule has 0 radical (unpaired) electrons. The molecular formula is C20H24N2O4. The SMILES string of the molecule is Cc1nc(CCC(=O)N2CCC(C(=O)O)C(C)C2)oc1-c1ccccc1. The summed E-state index contributed by atoms with van der Waals surface area (Å²) in [4.78, 5) is 29.8. The van der Waals surface area contributed by atoms with Crippen LogP contribution in [0.1, 0.15) is 31.4 Å². The number of rotatable bonds is 5. The number of hydrogen-bond donors (Lipinski definition) is 1. The van der Waals surface area contributed by atoms with Crippen LogP contribution in [0.25, 0.3) is 11.3 Å². The van der Waals surface area contributed by atoms with E-state index in [0.717, 1.165) is 17.0 Å². The van der Waals surface area contributed by atoms with Gasteiger partial charge in [0.25, 0.3) is 0 Å². The van der Waals surface area contributed by atoms with Crippen LogP contribution in [0.2, 0.25) is 0 Å². The first-order chi connectivity index (χ1) is 12.5. The Hall–Kier alpha value is -2.63. The topological polar surface area (TPSA) is 83.6 Å². The van der Waals surface area contributed by atoms with Crippen LogP contribution < -0.4 is 0 Å². The maximum absolute atomic E-state index is 12.5. The Morgan fingerprint density at radius 3 is 2.69 bits per heavy atom. The van der Waals surface area contributed by atoms with Gasteiger partial charge in [0.15, 0.2) is 11.7 Å². The smallest absolute Gasteiger partial charge is 0.306 e. The maximum Gasteiger partial charge on any atom is 0.306 e. The number of benzene rings is 1. The first-order valence-corrected chi connectivity index (χ1v) is 8.98. The molecule has 6 heteroatoms. The van der Waals surface area contributed by atoms with Gasteiger partial charge in [-0.2, -0.15) is 0 Å². The molecule has 1 aromatic carbocycles. The van der Waals surface area contributed by atoms with Crippen LogP contribution in [0.5, 0.6) is 0 Å². The van der Waals surface area contributed by atoms with Crippen molar-refractivity contribution in [2.75, 3.05) is 13.1 Å². The van der Waals surface area contributed by atoms with Crippen LogP contribution >= 0.6 is 0 Å². The van der Waals surface area contributed by atoms with Crippen molar-refractivity contribution in [3.05, 3.63) is 41.9 Å². The Labute approximate surface area is 152 Å². The van der Waals surface area contributed by atoms with Gasteiger partial charge in [-0.1, -0.05) is 37.3 Å². The lowest BCUT2D eigenvalue weighted by Gasteiger charge is -2.35. The van der Waals surface area contributed by atoms with Gasteiger partial charge in [0.05, 0.1) is 11.6 Å². The summed E-state index contributed by atoms with van der Waals surface area (Å²) in [7, 11) is 0. The molecule has 138 valence electrons. The monoisotopic (exact) mass is 356 g/mol. The highest BCUT2D eigenvalue weighted by atomic mass is 16.4. The quantitative estimate of drug-likeness (QED) is 0.890. The van der Waals surface area contributed by atoms with Crippen molar-refractivity contribution in [1.29, 1.82) is 0 Å². The summed E-state index contributed by atoms with van der Waals surface area (Å²) in [6.45, 7) is 4.78. The molecule has 1 amide bonds. The fourth-order valence-corrected chi connectivity index (χ4v) is 3.53. The normalized spacial score (nSPS) is 20.2. The van der Waals surface area contributed by atoms with E-state index in [-0.39, 0.29) is 17.7 Å². The highest BCUT2D eigenvalue weighted by Crippen LogP contribution is 2.26. The minimum absolute atomic E-state index is 0.0257. The zero-order valence-corrected chi connectivity index (χ0v) is 15.1. The number of likely N-dealkylation sites (tertiary alicyclic amines) is 1. The lowest BCUT2D eigenvalue weighted by Crippen LogP contribution is -2.45. The second-order valence-corrected chi connectivity index (χ2v) is 6.94. The number of amides is 1. The Morgan fingerprint density at radius 1 is 1.31 bits per heavy atom. The number of aliphatic carboxylic acids is 1. The summed E-state index contributed by atoms with van der Waals surface area (Å²) in [5, 5.41) is 9.18. The fraction of sp³-hybridized carbons (Fsp3) is 0.450. The molecule has 1 aliphatic rings. The second kappa shape index (κ2) is 7.72. The minimum atomic E-state index is -0.770. The molecule has 1 saturated heterocycles. The molecule has 2 heterocycles. The molecule has 2 atom stereocenters. The first kappa shape index (κ1) is 18.2. The van der Waals surface area contributed by atoms with Crippen LogP contribution in [0, 0.1) is 18.8 Å². The van der Waals surface area contributed by atoms with Crippen molar-refractivity contribution in [2.24, 2.45) is 11.8 Å². The molecule has 3 rings (SSSR count). The van der Waals surface area contributed by atoms with E-state index < -0.39 is 5.97 Å². The van der Waals surface area contributed by atoms with Gasteiger partial charge in [-0.3, -0.25) is 9.59 Å². The zero-order valence-electron chi connectivity index (χ0n) is 15.1. The Bertz CT molecular complexity index is 784. The first-order valence-electron chi connectivity index (χ1n) is 8.98. The van der Waals surface area contributed by atoms with Crippen LogP contribution in [-0.2, 0) is 16.0 Å². The Balaban J connectivity index is 1.58. The number of carboxylic acid groups (broad SMARTS) is 1. The number of aryl methyl sites for hydroxylation is 2. The summed E-state index contributed by atoms with van der Waals surface area (Å²) in [6, 6.07) is 9.78. The van der Waals surface area contributed by atoms with Crippen LogP contribution in [-0.4, -0.2) is 40.0 Å². The second-order valence-electron chi connectivity index (χ2n) is 6.94. The van der Waals surface area contributed by atoms with Crippen molar-refractivity contribution in [3.63, 3.8) is 0 Å². The number of nitrogens with zero attached hydrogens (tertiary/aromatic N) is 2. The number of piperidine rings is 1. The predicted molar refractivity (Wildman–Crippen MR) is 96.5 cm³/mol. The van der Waals surface area contributed by atoms with Gasteiger partial charge in [0.1, 0.15) is 0 Å². The molecule has 1 aliphatic heterocycles. The number of hydrogen-bond acceptors (Lipinski definition) is 4. The summed E-state index contributed by atoms with van der Waals surface area (Å²) >= 11 is 0. The van der Waals surface area contributed by atoms with Gasteiger partial charge in [-0.05, 0) is 19.3 Å². The zero-order chi connectivity index (χ0) is 18.7. The Kier molecular flexibility index (Phi) is 5.40.